The molecule has 0 radical (unpaired) electrons. The normalized spacial score (nSPS) is 11.1. The molecule has 2 heteroatoms. The minimum Gasteiger partial charge on any atom is -0.326 e. The van der Waals surface area contributed by atoms with Gasteiger partial charge in [0, 0.05) is 17.2 Å². The highest BCUT2D eigenvalue weighted by Gasteiger charge is 2.03. The molecule has 0 saturated heterocycles. The summed E-state index contributed by atoms with van der Waals surface area (Å²) in [5.41, 5.74) is 11.0. The number of aryl methyl sites for hydroxylation is 1. The molecule has 2 aromatic carbocycles. The zero-order valence-corrected chi connectivity index (χ0v) is 13.3. The van der Waals surface area contributed by atoms with E-state index in [1.807, 2.05) is 11.8 Å². The van der Waals surface area contributed by atoms with Crippen molar-refractivity contribution in [1.29, 1.82) is 0 Å². The molecule has 20 heavy (non-hydrogen) atoms. The third kappa shape index (κ3) is 3.87. The number of hydrogen-bond donors (Lipinski definition) is 1. The van der Waals surface area contributed by atoms with Gasteiger partial charge in [0.2, 0.25) is 0 Å². The lowest BCUT2D eigenvalue weighted by Gasteiger charge is -2.09. The van der Waals surface area contributed by atoms with Crippen molar-refractivity contribution in [3.05, 3.63) is 64.7 Å². The van der Waals surface area contributed by atoms with Crippen LogP contribution in [-0.2, 0) is 12.3 Å². The fourth-order valence-corrected chi connectivity index (χ4v) is 3.13. The lowest BCUT2D eigenvalue weighted by molar-refractivity contribution is 0.865. The molecule has 0 aromatic heterocycles. The molecule has 0 unspecified atom stereocenters. The zero-order valence-electron chi connectivity index (χ0n) is 12.5. The van der Waals surface area contributed by atoms with Gasteiger partial charge >= 0.3 is 0 Å². The van der Waals surface area contributed by atoms with Crippen LogP contribution in [0.25, 0.3) is 0 Å². The summed E-state index contributed by atoms with van der Waals surface area (Å²) < 4.78 is 0. The summed E-state index contributed by atoms with van der Waals surface area (Å²) in [5.74, 6) is 1.61. The largest absolute Gasteiger partial charge is 0.326 e. The fraction of sp³-hybridized carbons (Fsp3) is 0.333. The van der Waals surface area contributed by atoms with Crippen molar-refractivity contribution in [3.63, 3.8) is 0 Å². The monoisotopic (exact) mass is 285 g/mol. The molecule has 0 spiro atoms. The topological polar surface area (TPSA) is 26.0 Å². The van der Waals surface area contributed by atoms with E-state index in [9.17, 15) is 0 Å². The molecule has 0 aliphatic rings. The molecule has 0 fully saturated rings. The number of benzene rings is 2. The van der Waals surface area contributed by atoms with Crippen LogP contribution in [0.5, 0.6) is 0 Å². The fourth-order valence-electron chi connectivity index (χ4n) is 2.16. The quantitative estimate of drug-likeness (QED) is 0.793. The third-order valence-electron chi connectivity index (χ3n) is 3.58. The molecule has 0 bridgehead atoms. The van der Waals surface area contributed by atoms with Gasteiger partial charge in [-0.2, -0.15) is 0 Å². The summed E-state index contributed by atoms with van der Waals surface area (Å²) in [4.78, 5) is 1.33. The Hall–Kier alpha value is -1.25. The molecular formula is C18H23NS. The van der Waals surface area contributed by atoms with Gasteiger partial charge in [-0.05, 0) is 47.2 Å². The average Bonchev–Trinajstić information content (AvgIpc) is 2.46. The summed E-state index contributed by atoms with van der Waals surface area (Å²) in [5, 5.41) is 0. The second kappa shape index (κ2) is 6.96. The Kier molecular flexibility index (Phi) is 5.27. The first-order valence-electron chi connectivity index (χ1n) is 7.11. The van der Waals surface area contributed by atoms with Crippen molar-refractivity contribution < 1.29 is 0 Å². The minimum atomic E-state index is 0.597. The maximum absolute atomic E-state index is 5.67. The molecule has 106 valence electrons. The van der Waals surface area contributed by atoms with Crippen molar-refractivity contribution >= 4 is 11.8 Å². The Morgan fingerprint density at radius 1 is 1.05 bits per heavy atom. The first-order valence-corrected chi connectivity index (χ1v) is 8.10. The molecular weight excluding hydrogens is 262 g/mol. The number of rotatable bonds is 5. The highest BCUT2D eigenvalue weighted by molar-refractivity contribution is 7.98. The molecule has 0 saturated carbocycles. The molecule has 0 heterocycles. The van der Waals surface area contributed by atoms with Crippen LogP contribution in [0.2, 0.25) is 0 Å². The average molecular weight is 285 g/mol. The predicted octanol–water partition coefficient (Wildman–Crippen LogP) is 4.87. The van der Waals surface area contributed by atoms with E-state index in [4.69, 9.17) is 5.73 Å². The minimum absolute atomic E-state index is 0.597. The van der Waals surface area contributed by atoms with Gasteiger partial charge in [0.1, 0.15) is 0 Å². The molecule has 1 nitrogen and oxygen atoms in total. The first kappa shape index (κ1) is 15.1. The van der Waals surface area contributed by atoms with Crippen LogP contribution in [0.1, 0.15) is 42.0 Å². The first-order chi connectivity index (χ1) is 9.60. The van der Waals surface area contributed by atoms with Gasteiger partial charge < -0.3 is 5.73 Å². The van der Waals surface area contributed by atoms with Crippen molar-refractivity contribution in [1.82, 2.24) is 0 Å². The maximum atomic E-state index is 5.67. The summed E-state index contributed by atoms with van der Waals surface area (Å²) in [6, 6.07) is 15.4. The van der Waals surface area contributed by atoms with Crippen molar-refractivity contribution in [2.75, 3.05) is 0 Å². The summed E-state index contributed by atoms with van der Waals surface area (Å²) in [6.07, 6.45) is 0. The molecule has 2 N–H and O–H groups in total. The highest BCUT2D eigenvalue weighted by atomic mass is 32.2. The van der Waals surface area contributed by atoms with E-state index in [1.54, 1.807) is 0 Å². The highest BCUT2D eigenvalue weighted by Crippen LogP contribution is 2.26. The maximum Gasteiger partial charge on any atom is 0.0234 e. The van der Waals surface area contributed by atoms with Crippen molar-refractivity contribution in [2.24, 2.45) is 5.73 Å². The number of hydrogen-bond acceptors (Lipinski definition) is 2. The SMILES string of the molecule is Cc1cc(CN)ccc1CSc1ccc(C(C)C)cc1. The van der Waals surface area contributed by atoms with Gasteiger partial charge in [-0.3, -0.25) is 0 Å². The Bertz CT molecular complexity index is 558. The van der Waals surface area contributed by atoms with Gasteiger partial charge in [0.25, 0.3) is 0 Å². The van der Waals surface area contributed by atoms with Crippen molar-refractivity contribution in [3.8, 4) is 0 Å². The second-order valence-electron chi connectivity index (χ2n) is 5.48. The predicted molar refractivity (Wildman–Crippen MR) is 89.2 cm³/mol. The summed E-state index contributed by atoms with van der Waals surface area (Å²) in [7, 11) is 0. The Morgan fingerprint density at radius 3 is 2.30 bits per heavy atom. The standard InChI is InChI=1S/C18H23NS/c1-13(2)16-6-8-18(9-7-16)20-12-17-5-4-15(11-19)10-14(17)3/h4-10,13H,11-12,19H2,1-3H3. The van der Waals surface area contributed by atoms with Crippen LogP contribution in [0.3, 0.4) is 0 Å². The zero-order chi connectivity index (χ0) is 14.5. The third-order valence-corrected chi connectivity index (χ3v) is 4.64. The van der Waals surface area contributed by atoms with Crippen LogP contribution >= 0.6 is 11.8 Å². The van der Waals surface area contributed by atoms with Gasteiger partial charge in [0.15, 0.2) is 0 Å². The van der Waals surface area contributed by atoms with E-state index in [0.717, 1.165) is 5.75 Å². The van der Waals surface area contributed by atoms with Gasteiger partial charge in [-0.1, -0.05) is 44.2 Å². The molecule has 2 aromatic rings. The molecule has 0 aliphatic heterocycles. The number of nitrogens with two attached hydrogens (primary N) is 1. The van der Waals surface area contributed by atoms with E-state index in [0.29, 0.717) is 12.5 Å². The molecule has 0 aliphatic carbocycles. The van der Waals surface area contributed by atoms with E-state index in [2.05, 4.69) is 63.2 Å². The van der Waals surface area contributed by atoms with E-state index in [-0.39, 0.29) is 0 Å². The van der Waals surface area contributed by atoms with Crippen LogP contribution in [0.15, 0.2) is 47.4 Å². The Balaban J connectivity index is 2.01. The Morgan fingerprint density at radius 2 is 1.75 bits per heavy atom. The van der Waals surface area contributed by atoms with Crippen LogP contribution in [0, 0.1) is 6.92 Å². The van der Waals surface area contributed by atoms with Gasteiger partial charge in [-0.25, -0.2) is 0 Å². The van der Waals surface area contributed by atoms with Gasteiger partial charge in [0.05, 0.1) is 0 Å². The molecule has 2 rings (SSSR count). The van der Waals surface area contributed by atoms with Crippen LogP contribution in [-0.4, -0.2) is 0 Å². The second-order valence-corrected chi connectivity index (χ2v) is 6.53. The van der Waals surface area contributed by atoms with E-state index >= 15 is 0 Å². The van der Waals surface area contributed by atoms with Crippen molar-refractivity contribution in [2.45, 2.75) is 43.9 Å². The van der Waals surface area contributed by atoms with E-state index < -0.39 is 0 Å². The van der Waals surface area contributed by atoms with Crippen LogP contribution in [0.4, 0.5) is 0 Å². The Labute approximate surface area is 126 Å². The van der Waals surface area contributed by atoms with E-state index in [1.165, 1.54) is 27.1 Å². The van der Waals surface area contributed by atoms with Gasteiger partial charge in [-0.15, -0.1) is 11.8 Å². The lowest BCUT2D eigenvalue weighted by atomic mass is 10.0. The van der Waals surface area contributed by atoms with Crippen LogP contribution < -0.4 is 5.73 Å². The molecule has 0 atom stereocenters. The smallest absolute Gasteiger partial charge is 0.0234 e. The summed E-state index contributed by atoms with van der Waals surface area (Å²) in [6.45, 7) is 7.23. The number of thioether (sulfide) groups is 1. The summed E-state index contributed by atoms with van der Waals surface area (Å²) >= 11 is 1.89. The molecule has 0 amide bonds. The lowest BCUT2D eigenvalue weighted by Crippen LogP contribution is -1.97.